The molecule has 2 aromatic heterocycles. The van der Waals surface area contributed by atoms with Crippen molar-refractivity contribution in [1.29, 1.82) is 0 Å². The highest BCUT2D eigenvalue weighted by Gasteiger charge is 2.07. The van der Waals surface area contributed by atoms with E-state index in [9.17, 15) is 4.79 Å². The van der Waals surface area contributed by atoms with E-state index in [1.54, 1.807) is 6.20 Å². The molecular formula is C16H13N5O2. The lowest BCUT2D eigenvalue weighted by atomic mass is 10.1. The van der Waals surface area contributed by atoms with Crippen LogP contribution in [-0.4, -0.2) is 21.0 Å². The van der Waals surface area contributed by atoms with Crippen molar-refractivity contribution < 1.29 is 9.90 Å². The number of pyridine rings is 2. The van der Waals surface area contributed by atoms with Gasteiger partial charge in [0.25, 0.3) is 0 Å². The Kier molecular flexibility index (Phi) is 3.68. The number of nitrogens with two attached hydrogens (primary N) is 1. The van der Waals surface area contributed by atoms with Gasteiger partial charge in [0, 0.05) is 17.0 Å². The molecule has 0 aliphatic rings. The molecule has 0 spiro atoms. The zero-order valence-corrected chi connectivity index (χ0v) is 12.3. The number of carbonyl (C=O) groups is 1. The molecule has 3 N–H and O–H groups in total. The van der Waals surface area contributed by atoms with Crippen LogP contribution in [0.3, 0.4) is 0 Å². The van der Waals surface area contributed by atoms with Gasteiger partial charge in [-0.15, -0.1) is 10.2 Å². The van der Waals surface area contributed by atoms with Gasteiger partial charge in [-0.05, 0) is 25.1 Å². The average molecular weight is 307 g/mol. The van der Waals surface area contributed by atoms with Gasteiger partial charge in [-0.25, -0.2) is 14.8 Å². The standard InChI is InChI=1S/C16H13N5O2/c1-9-2-3-10-7-19-15(17)14(12(10)6-9)21-20-11-4-5-13(16(22)23)18-8-11/h2-8H,1H3,(H2,17,19)(H,22,23). The SMILES string of the molecule is Cc1ccc2cnc(N)c(N=Nc3ccc(C(=O)O)nc3)c2c1. The van der Waals surface area contributed by atoms with Crippen molar-refractivity contribution in [3.05, 3.63) is 54.0 Å². The zero-order valence-electron chi connectivity index (χ0n) is 12.3. The molecule has 0 saturated carbocycles. The second-order valence-corrected chi connectivity index (χ2v) is 4.99. The van der Waals surface area contributed by atoms with Crippen molar-refractivity contribution >= 4 is 33.9 Å². The fraction of sp³-hybridized carbons (Fsp3) is 0.0625. The van der Waals surface area contributed by atoms with Crippen LogP contribution in [0.1, 0.15) is 16.1 Å². The lowest BCUT2D eigenvalue weighted by Crippen LogP contribution is -1.98. The Bertz CT molecular complexity index is 914. The van der Waals surface area contributed by atoms with Crippen molar-refractivity contribution in [2.75, 3.05) is 5.73 Å². The highest BCUT2D eigenvalue weighted by molar-refractivity contribution is 5.96. The zero-order chi connectivity index (χ0) is 16.4. The van der Waals surface area contributed by atoms with Crippen molar-refractivity contribution in [2.24, 2.45) is 10.2 Å². The van der Waals surface area contributed by atoms with Crippen molar-refractivity contribution in [2.45, 2.75) is 6.92 Å². The van der Waals surface area contributed by atoms with Crippen LogP contribution in [0.2, 0.25) is 0 Å². The summed E-state index contributed by atoms with van der Waals surface area (Å²) in [4.78, 5) is 18.7. The fourth-order valence-corrected chi connectivity index (χ4v) is 2.11. The number of benzene rings is 1. The average Bonchev–Trinajstić information content (AvgIpc) is 2.54. The van der Waals surface area contributed by atoms with Gasteiger partial charge < -0.3 is 10.8 Å². The lowest BCUT2D eigenvalue weighted by Gasteiger charge is -2.05. The maximum Gasteiger partial charge on any atom is 0.354 e. The molecule has 0 radical (unpaired) electrons. The van der Waals surface area contributed by atoms with E-state index in [1.165, 1.54) is 18.3 Å². The van der Waals surface area contributed by atoms with Crippen LogP contribution in [0.15, 0.2) is 53.0 Å². The molecule has 0 unspecified atom stereocenters. The minimum absolute atomic E-state index is 0.0501. The summed E-state index contributed by atoms with van der Waals surface area (Å²) >= 11 is 0. The van der Waals surface area contributed by atoms with Gasteiger partial charge >= 0.3 is 5.97 Å². The molecule has 0 bridgehead atoms. The molecule has 7 heteroatoms. The minimum atomic E-state index is -1.09. The first kappa shape index (κ1) is 14.6. The number of aryl methyl sites for hydroxylation is 1. The van der Waals surface area contributed by atoms with Crippen LogP contribution in [-0.2, 0) is 0 Å². The molecule has 0 aliphatic heterocycles. The van der Waals surface area contributed by atoms with Crippen LogP contribution in [0, 0.1) is 6.92 Å². The van der Waals surface area contributed by atoms with E-state index in [2.05, 4.69) is 20.2 Å². The molecule has 23 heavy (non-hydrogen) atoms. The molecule has 7 nitrogen and oxygen atoms in total. The molecular weight excluding hydrogens is 294 g/mol. The molecule has 3 rings (SSSR count). The highest BCUT2D eigenvalue weighted by Crippen LogP contribution is 2.32. The number of nitrogens with zero attached hydrogens (tertiary/aromatic N) is 4. The third kappa shape index (κ3) is 2.98. The number of nitrogen functional groups attached to an aromatic ring is 1. The number of carboxylic acid groups (broad SMARTS) is 1. The third-order valence-electron chi connectivity index (χ3n) is 3.28. The Balaban J connectivity index is 2.01. The van der Waals surface area contributed by atoms with Crippen LogP contribution in [0.5, 0.6) is 0 Å². The number of aromatic nitrogens is 2. The fourth-order valence-electron chi connectivity index (χ4n) is 2.11. The van der Waals surface area contributed by atoms with Crippen LogP contribution in [0.4, 0.5) is 17.2 Å². The number of carboxylic acids is 1. The predicted octanol–water partition coefficient (Wildman–Crippen LogP) is 3.63. The van der Waals surface area contributed by atoms with Gasteiger partial charge in [-0.1, -0.05) is 17.7 Å². The summed E-state index contributed by atoms with van der Waals surface area (Å²) < 4.78 is 0. The van der Waals surface area contributed by atoms with Crippen molar-refractivity contribution in [3.8, 4) is 0 Å². The Morgan fingerprint density at radius 2 is 1.96 bits per heavy atom. The first-order valence-electron chi connectivity index (χ1n) is 6.80. The number of aromatic carboxylic acids is 1. The summed E-state index contributed by atoms with van der Waals surface area (Å²) in [7, 11) is 0. The monoisotopic (exact) mass is 307 g/mol. The van der Waals surface area contributed by atoms with Crippen LogP contribution >= 0.6 is 0 Å². The highest BCUT2D eigenvalue weighted by atomic mass is 16.4. The van der Waals surface area contributed by atoms with Crippen LogP contribution in [0.25, 0.3) is 10.8 Å². The molecule has 0 fully saturated rings. The second-order valence-electron chi connectivity index (χ2n) is 4.99. The van der Waals surface area contributed by atoms with E-state index >= 15 is 0 Å². The van der Waals surface area contributed by atoms with Gasteiger partial charge in [0.1, 0.15) is 17.1 Å². The third-order valence-corrected chi connectivity index (χ3v) is 3.28. The maximum atomic E-state index is 10.8. The van der Waals surface area contributed by atoms with Crippen LogP contribution < -0.4 is 5.73 Å². The van der Waals surface area contributed by atoms with Gasteiger partial charge in [-0.2, -0.15) is 0 Å². The van der Waals surface area contributed by atoms with E-state index in [1.807, 2.05) is 25.1 Å². The summed E-state index contributed by atoms with van der Waals surface area (Å²) in [5, 5.41) is 18.8. The van der Waals surface area contributed by atoms with Gasteiger partial charge in [-0.3, -0.25) is 0 Å². The van der Waals surface area contributed by atoms with Gasteiger partial charge in [0.05, 0.1) is 6.20 Å². The molecule has 2 heterocycles. The largest absolute Gasteiger partial charge is 0.477 e. The summed E-state index contributed by atoms with van der Waals surface area (Å²) in [5.41, 5.74) is 7.84. The number of hydrogen-bond donors (Lipinski definition) is 2. The van der Waals surface area contributed by atoms with E-state index in [4.69, 9.17) is 10.8 Å². The van der Waals surface area contributed by atoms with Crippen molar-refractivity contribution in [3.63, 3.8) is 0 Å². The predicted molar refractivity (Wildman–Crippen MR) is 86.3 cm³/mol. The molecule has 0 saturated heterocycles. The summed E-state index contributed by atoms with van der Waals surface area (Å²) in [6.45, 7) is 1.98. The topological polar surface area (TPSA) is 114 Å². The normalized spacial score (nSPS) is 11.2. The summed E-state index contributed by atoms with van der Waals surface area (Å²) in [5.74, 6) is -0.812. The first-order valence-corrected chi connectivity index (χ1v) is 6.80. The second kappa shape index (κ2) is 5.80. The Morgan fingerprint density at radius 1 is 1.13 bits per heavy atom. The van der Waals surface area contributed by atoms with E-state index in [-0.39, 0.29) is 11.5 Å². The number of fused-ring (bicyclic) bond motifs is 1. The molecule has 0 atom stereocenters. The number of azo groups is 1. The van der Waals surface area contributed by atoms with Gasteiger partial charge in [0.2, 0.25) is 0 Å². The Hall–Kier alpha value is -3.35. The molecule has 0 aliphatic carbocycles. The Labute approximate surface area is 131 Å². The Morgan fingerprint density at radius 3 is 2.65 bits per heavy atom. The number of rotatable bonds is 3. The van der Waals surface area contributed by atoms with Crippen molar-refractivity contribution in [1.82, 2.24) is 9.97 Å². The maximum absolute atomic E-state index is 10.8. The lowest BCUT2D eigenvalue weighted by molar-refractivity contribution is 0.0690. The summed E-state index contributed by atoms with van der Waals surface area (Å²) in [6, 6.07) is 8.79. The molecule has 0 amide bonds. The first-order chi connectivity index (χ1) is 11.0. The quantitative estimate of drug-likeness (QED) is 0.717. The van der Waals surface area contributed by atoms with E-state index in [0.29, 0.717) is 11.4 Å². The molecule has 1 aromatic carbocycles. The van der Waals surface area contributed by atoms with Gasteiger partial charge in [0.15, 0.2) is 5.82 Å². The van der Waals surface area contributed by atoms with E-state index in [0.717, 1.165) is 16.3 Å². The smallest absolute Gasteiger partial charge is 0.354 e. The number of anilines is 1. The molecule has 114 valence electrons. The summed E-state index contributed by atoms with van der Waals surface area (Å²) in [6.07, 6.45) is 3.03. The minimum Gasteiger partial charge on any atom is -0.477 e. The van der Waals surface area contributed by atoms with E-state index < -0.39 is 5.97 Å². The number of hydrogen-bond acceptors (Lipinski definition) is 6. The molecule has 3 aromatic rings.